The summed E-state index contributed by atoms with van der Waals surface area (Å²) in [6.07, 6.45) is 5.83. The van der Waals surface area contributed by atoms with Gasteiger partial charge in [0, 0.05) is 16.2 Å². The summed E-state index contributed by atoms with van der Waals surface area (Å²) in [4.78, 5) is 14.5. The molecule has 0 saturated heterocycles. The average Bonchev–Trinajstić information content (AvgIpc) is 2.78. The Morgan fingerprint density at radius 1 is 1.29 bits per heavy atom. The maximum Gasteiger partial charge on any atom is 0.169 e. The van der Waals surface area contributed by atoms with E-state index in [1.54, 1.807) is 11.3 Å². The Bertz CT molecular complexity index is 389. The van der Waals surface area contributed by atoms with Crippen molar-refractivity contribution in [3.05, 3.63) is 21.9 Å². The van der Waals surface area contributed by atoms with E-state index in [1.165, 1.54) is 4.88 Å². The summed E-state index contributed by atoms with van der Waals surface area (Å²) in [7, 11) is 0. The van der Waals surface area contributed by atoms with Gasteiger partial charge in [-0.2, -0.15) is 0 Å². The fourth-order valence-electron chi connectivity index (χ4n) is 2.45. The Morgan fingerprint density at radius 3 is 2.53 bits per heavy atom. The number of rotatable bonds is 4. The molecule has 3 heteroatoms. The molecular weight excluding hydrogens is 232 g/mol. The first-order chi connectivity index (χ1) is 8.14. The van der Waals surface area contributed by atoms with E-state index in [1.807, 2.05) is 6.07 Å². The standard InChI is InChI=1S/C14H20O2S/c1-2-11-6-7-12(17-11)10-13(15)14(16)8-4-3-5-9-14/h6-7,16H,2-5,8-10H2,1H3. The molecule has 0 atom stereocenters. The second kappa shape index (κ2) is 5.32. The predicted molar refractivity (Wildman–Crippen MR) is 70.4 cm³/mol. The highest BCUT2D eigenvalue weighted by molar-refractivity contribution is 7.12. The van der Waals surface area contributed by atoms with Crippen LogP contribution in [0.25, 0.3) is 0 Å². The molecule has 1 aromatic heterocycles. The van der Waals surface area contributed by atoms with Crippen molar-refractivity contribution in [3.63, 3.8) is 0 Å². The minimum atomic E-state index is -1.03. The highest BCUT2D eigenvalue weighted by atomic mass is 32.1. The zero-order chi connectivity index (χ0) is 12.3. The van der Waals surface area contributed by atoms with E-state index in [0.29, 0.717) is 19.3 Å². The largest absolute Gasteiger partial charge is 0.382 e. The molecule has 0 unspecified atom stereocenters. The van der Waals surface area contributed by atoms with Gasteiger partial charge in [-0.15, -0.1) is 11.3 Å². The van der Waals surface area contributed by atoms with Crippen LogP contribution in [0.15, 0.2) is 12.1 Å². The monoisotopic (exact) mass is 252 g/mol. The van der Waals surface area contributed by atoms with Gasteiger partial charge in [0.1, 0.15) is 5.60 Å². The van der Waals surface area contributed by atoms with Crippen molar-refractivity contribution < 1.29 is 9.90 Å². The summed E-state index contributed by atoms with van der Waals surface area (Å²) in [5.74, 6) is 0.0155. The van der Waals surface area contributed by atoms with Gasteiger partial charge in [-0.05, 0) is 31.4 Å². The zero-order valence-corrected chi connectivity index (χ0v) is 11.2. The molecule has 1 heterocycles. The van der Waals surface area contributed by atoms with Crippen LogP contribution in [0.2, 0.25) is 0 Å². The third-order valence-electron chi connectivity index (χ3n) is 3.60. The van der Waals surface area contributed by atoms with Crippen molar-refractivity contribution in [1.29, 1.82) is 0 Å². The number of aryl methyl sites for hydroxylation is 1. The van der Waals surface area contributed by atoms with Gasteiger partial charge < -0.3 is 5.11 Å². The lowest BCUT2D eigenvalue weighted by molar-refractivity contribution is -0.139. The number of ketones is 1. The van der Waals surface area contributed by atoms with Crippen LogP contribution in [0.1, 0.15) is 48.8 Å². The molecule has 1 aromatic rings. The normalized spacial score (nSPS) is 19.2. The van der Waals surface area contributed by atoms with Crippen LogP contribution < -0.4 is 0 Å². The Hall–Kier alpha value is -0.670. The minimum absolute atomic E-state index is 0.0155. The van der Waals surface area contributed by atoms with Crippen LogP contribution in [0.3, 0.4) is 0 Å². The lowest BCUT2D eigenvalue weighted by Gasteiger charge is -2.30. The number of aliphatic hydroxyl groups is 1. The van der Waals surface area contributed by atoms with Crippen molar-refractivity contribution in [2.45, 2.75) is 57.5 Å². The topological polar surface area (TPSA) is 37.3 Å². The minimum Gasteiger partial charge on any atom is -0.382 e. The maximum atomic E-state index is 12.1. The maximum absolute atomic E-state index is 12.1. The molecule has 2 nitrogen and oxygen atoms in total. The van der Waals surface area contributed by atoms with E-state index in [0.717, 1.165) is 30.6 Å². The molecule has 0 amide bonds. The van der Waals surface area contributed by atoms with E-state index in [9.17, 15) is 9.90 Å². The summed E-state index contributed by atoms with van der Waals surface area (Å²) in [6, 6.07) is 4.10. The summed E-state index contributed by atoms with van der Waals surface area (Å²) in [5.41, 5.74) is -1.03. The molecule has 0 radical (unpaired) electrons. The molecular formula is C14H20O2S. The van der Waals surface area contributed by atoms with Crippen LogP contribution in [-0.2, 0) is 17.6 Å². The van der Waals surface area contributed by atoms with E-state index >= 15 is 0 Å². The van der Waals surface area contributed by atoms with Gasteiger partial charge in [0.25, 0.3) is 0 Å². The van der Waals surface area contributed by atoms with Crippen LogP contribution in [0.5, 0.6) is 0 Å². The number of thiophene rings is 1. The quantitative estimate of drug-likeness (QED) is 0.894. The first kappa shape index (κ1) is 12.8. The van der Waals surface area contributed by atoms with Crippen molar-refractivity contribution >= 4 is 17.1 Å². The molecule has 1 saturated carbocycles. The van der Waals surface area contributed by atoms with Crippen molar-refractivity contribution in [1.82, 2.24) is 0 Å². The van der Waals surface area contributed by atoms with E-state index in [4.69, 9.17) is 0 Å². The number of carbonyl (C=O) groups is 1. The van der Waals surface area contributed by atoms with Gasteiger partial charge in [-0.25, -0.2) is 0 Å². The SMILES string of the molecule is CCc1ccc(CC(=O)C2(O)CCCCC2)s1. The number of carbonyl (C=O) groups excluding carboxylic acids is 1. The van der Waals surface area contributed by atoms with Crippen LogP contribution >= 0.6 is 11.3 Å². The molecule has 1 fully saturated rings. The second-order valence-electron chi connectivity index (χ2n) is 4.91. The number of hydrogen-bond acceptors (Lipinski definition) is 3. The molecule has 17 heavy (non-hydrogen) atoms. The number of Topliss-reactive ketones (excluding diaryl/α,β-unsaturated/α-hetero) is 1. The molecule has 1 aliphatic carbocycles. The molecule has 2 rings (SSSR count). The van der Waals surface area contributed by atoms with Crippen LogP contribution in [0.4, 0.5) is 0 Å². The van der Waals surface area contributed by atoms with Crippen molar-refractivity contribution in [3.8, 4) is 0 Å². The molecule has 94 valence electrons. The summed E-state index contributed by atoms with van der Waals surface area (Å²) < 4.78 is 0. The molecule has 1 N–H and O–H groups in total. The van der Waals surface area contributed by atoms with Gasteiger partial charge in [0.05, 0.1) is 0 Å². The average molecular weight is 252 g/mol. The summed E-state index contributed by atoms with van der Waals surface area (Å²) in [6.45, 7) is 2.12. The fourth-order valence-corrected chi connectivity index (χ4v) is 3.40. The Balaban J connectivity index is 2.00. The smallest absolute Gasteiger partial charge is 0.169 e. The first-order valence-corrected chi connectivity index (χ1v) is 7.29. The zero-order valence-electron chi connectivity index (χ0n) is 10.4. The Morgan fingerprint density at radius 2 is 1.94 bits per heavy atom. The van der Waals surface area contributed by atoms with E-state index in [2.05, 4.69) is 13.0 Å². The Labute approximate surface area is 107 Å². The van der Waals surface area contributed by atoms with E-state index < -0.39 is 5.60 Å². The highest BCUT2D eigenvalue weighted by Gasteiger charge is 2.36. The van der Waals surface area contributed by atoms with Gasteiger partial charge >= 0.3 is 0 Å². The molecule has 0 spiro atoms. The fraction of sp³-hybridized carbons (Fsp3) is 0.643. The van der Waals surface area contributed by atoms with Gasteiger partial charge in [-0.1, -0.05) is 26.2 Å². The predicted octanol–water partition coefficient (Wildman–Crippen LogP) is 3.12. The third kappa shape index (κ3) is 2.96. The van der Waals surface area contributed by atoms with Crippen LogP contribution in [-0.4, -0.2) is 16.5 Å². The molecule has 1 aliphatic rings. The second-order valence-corrected chi connectivity index (χ2v) is 6.17. The van der Waals surface area contributed by atoms with Gasteiger partial charge in [0.15, 0.2) is 5.78 Å². The lowest BCUT2D eigenvalue weighted by Crippen LogP contribution is -2.41. The van der Waals surface area contributed by atoms with Crippen LogP contribution in [0, 0.1) is 0 Å². The molecule has 0 aromatic carbocycles. The highest BCUT2D eigenvalue weighted by Crippen LogP contribution is 2.30. The summed E-state index contributed by atoms with van der Waals surface area (Å²) in [5, 5.41) is 10.3. The van der Waals surface area contributed by atoms with Crippen molar-refractivity contribution in [2.24, 2.45) is 0 Å². The van der Waals surface area contributed by atoms with Gasteiger partial charge in [-0.3, -0.25) is 4.79 Å². The van der Waals surface area contributed by atoms with E-state index in [-0.39, 0.29) is 5.78 Å². The summed E-state index contributed by atoms with van der Waals surface area (Å²) >= 11 is 1.69. The third-order valence-corrected chi connectivity index (χ3v) is 4.83. The number of hydrogen-bond donors (Lipinski definition) is 1. The van der Waals surface area contributed by atoms with Gasteiger partial charge in [0.2, 0.25) is 0 Å². The molecule has 0 aliphatic heterocycles. The Kier molecular flexibility index (Phi) is 4.00. The van der Waals surface area contributed by atoms with Crippen molar-refractivity contribution in [2.75, 3.05) is 0 Å². The first-order valence-electron chi connectivity index (χ1n) is 6.47. The molecule has 0 bridgehead atoms. The lowest BCUT2D eigenvalue weighted by atomic mass is 9.80.